The van der Waals surface area contributed by atoms with Gasteiger partial charge < -0.3 is 14.3 Å². The molecule has 0 aliphatic heterocycles. The van der Waals surface area contributed by atoms with E-state index in [4.69, 9.17) is 14.3 Å². The summed E-state index contributed by atoms with van der Waals surface area (Å²) in [6, 6.07) is 3.30. The van der Waals surface area contributed by atoms with Crippen molar-refractivity contribution in [2.45, 2.75) is 0 Å². The standard InChI is InChI=1S/C9H7NO4/c1-13-7-6-5(3-2-4-10-6)14-8(7)9(11)12/h2-4H,1H3,(H,11,12). The molecule has 0 aliphatic rings. The van der Waals surface area contributed by atoms with Gasteiger partial charge >= 0.3 is 5.97 Å². The van der Waals surface area contributed by atoms with Crippen molar-refractivity contribution in [3.63, 3.8) is 0 Å². The summed E-state index contributed by atoms with van der Waals surface area (Å²) in [6.07, 6.45) is 1.55. The molecule has 5 heteroatoms. The van der Waals surface area contributed by atoms with Gasteiger partial charge in [-0.1, -0.05) is 0 Å². The molecule has 0 amide bonds. The van der Waals surface area contributed by atoms with Crippen LogP contribution in [0.2, 0.25) is 0 Å². The minimum atomic E-state index is -1.17. The Bertz CT molecular complexity index is 489. The molecule has 2 heterocycles. The lowest BCUT2D eigenvalue weighted by Crippen LogP contribution is -1.96. The Morgan fingerprint density at radius 3 is 3.07 bits per heavy atom. The van der Waals surface area contributed by atoms with Crippen molar-refractivity contribution >= 4 is 17.1 Å². The van der Waals surface area contributed by atoms with Crippen LogP contribution in [0.4, 0.5) is 0 Å². The number of furan rings is 1. The molecule has 2 rings (SSSR count). The molecular formula is C9H7NO4. The maximum absolute atomic E-state index is 10.7. The molecule has 0 fully saturated rings. The van der Waals surface area contributed by atoms with Gasteiger partial charge in [0, 0.05) is 6.20 Å². The van der Waals surface area contributed by atoms with Gasteiger partial charge in [0.2, 0.25) is 0 Å². The van der Waals surface area contributed by atoms with Crippen LogP contribution < -0.4 is 4.74 Å². The lowest BCUT2D eigenvalue weighted by atomic mass is 10.3. The van der Waals surface area contributed by atoms with Crippen molar-refractivity contribution in [3.05, 3.63) is 24.1 Å². The van der Waals surface area contributed by atoms with Crippen molar-refractivity contribution in [1.29, 1.82) is 0 Å². The highest BCUT2D eigenvalue weighted by Gasteiger charge is 2.21. The van der Waals surface area contributed by atoms with E-state index in [1.54, 1.807) is 18.3 Å². The number of carboxylic acid groups (broad SMARTS) is 1. The van der Waals surface area contributed by atoms with Crippen LogP contribution >= 0.6 is 0 Å². The Hall–Kier alpha value is -2.04. The fourth-order valence-electron chi connectivity index (χ4n) is 1.24. The molecule has 0 atom stereocenters. The van der Waals surface area contributed by atoms with E-state index < -0.39 is 5.97 Å². The highest BCUT2D eigenvalue weighted by Crippen LogP contribution is 2.30. The number of hydrogen-bond acceptors (Lipinski definition) is 4. The van der Waals surface area contributed by atoms with Gasteiger partial charge in [0.05, 0.1) is 7.11 Å². The maximum Gasteiger partial charge on any atom is 0.375 e. The first-order chi connectivity index (χ1) is 6.74. The molecule has 5 nitrogen and oxygen atoms in total. The van der Waals surface area contributed by atoms with Gasteiger partial charge in [0.15, 0.2) is 16.8 Å². The lowest BCUT2D eigenvalue weighted by Gasteiger charge is -1.94. The Kier molecular flexibility index (Phi) is 1.85. The zero-order chi connectivity index (χ0) is 10.1. The number of hydrogen-bond donors (Lipinski definition) is 1. The fraction of sp³-hybridized carbons (Fsp3) is 0.111. The van der Waals surface area contributed by atoms with Crippen LogP contribution in [0.3, 0.4) is 0 Å². The second kappa shape index (κ2) is 3.02. The predicted octanol–water partition coefficient (Wildman–Crippen LogP) is 1.53. The van der Waals surface area contributed by atoms with E-state index in [-0.39, 0.29) is 11.5 Å². The summed E-state index contributed by atoms with van der Waals surface area (Å²) < 4.78 is 9.99. The summed E-state index contributed by atoms with van der Waals surface area (Å²) in [6.45, 7) is 0. The normalized spacial score (nSPS) is 10.4. The number of carboxylic acids is 1. The van der Waals surface area contributed by atoms with Crippen LogP contribution in [0.5, 0.6) is 5.75 Å². The summed E-state index contributed by atoms with van der Waals surface area (Å²) in [5.41, 5.74) is 0.828. The van der Waals surface area contributed by atoms with E-state index in [2.05, 4.69) is 4.98 Å². The zero-order valence-electron chi connectivity index (χ0n) is 7.35. The van der Waals surface area contributed by atoms with Crippen molar-refractivity contribution in [1.82, 2.24) is 4.98 Å². The summed E-state index contributed by atoms with van der Waals surface area (Å²) in [5.74, 6) is -1.23. The molecule has 0 saturated heterocycles. The van der Waals surface area contributed by atoms with E-state index in [9.17, 15) is 4.79 Å². The molecule has 72 valence electrons. The van der Waals surface area contributed by atoms with Crippen molar-refractivity contribution in [2.75, 3.05) is 7.11 Å². The summed E-state index contributed by atoms with van der Waals surface area (Å²) in [7, 11) is 1.38. The minimum absolute atomic E-state index is 0.160. The molecule has 0 unspecified atom stereocenters. The second-order valence-corrected chi connectivity index (χ2v) is 2.62. The quantitative estimate of drug-likeness (QED) is 0.782. The topological polar surface area (TPSA) is 72.6 Å². The molecule has 0 aliphatic carbocycles. The molecule has 0 aromatic carbocycles. The van der Waals surface area contributed by atoms with E-state index >= 15 is 0 Å². The first kappa shape index (κ1) is 8.55. The number of fused-ring (bicyclic) bond motifs is 1. The Labute approximate surface area is 78.9 Å². The third-order valence-electron chi connectivity index (χ3n) is 1.80. The number of nitrogens with zero attached hydrogens (tertiary/aromatic N) is 1. The number of pyridine rings is 1. The number of methoxy groups -OCH3 is 1. The number of carbonyl (C=O) groups is 1. The largest absolute Gasteiger partial charge is 0.491 e. The first-order valence-electron chi connectivity index (χ1n) is 3.89. The smallest absolute Gasteiger partial charge is 0.375 e. The SMILES string of the molecule is COc1c(C(=O)O)oc2cccnc12. The lowest BCUT2D eigenvalue weighted by molar-refractivity contribution is 0.0660. The molecule has 1 N–H and O–H groups in total. The average molecular weight is 193 g/mol. The average Bonchev–Trinajstić information content (AvgIpc) is 2.56. The monoisotopic (exact) mass is 193 g/mol. The number of aromatic nitrogens is 1. The van der Waals surface area contributed by atoms with Crippen LogP contribution in [0.15, 0.2) is 22.7 Å². The fourth-order valence-corrected chi connectivity index (χ4v) is 1.24. The van der Waals surface area contributed by atoms with Crippen LogP contribution in [0.1, 0.15) is 10.6 Å². The molecule has 0 spiro atoms. The molecule has 14 heavy (non-hydrogen) atoms. The van der Waals surface area contributed by atoms with Crippen LogP contribution in [-0.4, -0.2) is 23.2 Å². The zero-order valence-corrected chi connectivity index (χ0v) is 7.35. The second-order valence-electron chi connectivity index (χ2n) is 2.62. The third-order valence-corrected chi connectivity index (χ3v) is 1.80. The number of ether oxygens (including phenoxy) is 1. The summed E-state index contributed by atoms with van der Waals surface area (Å²) >= 11 is 0. The first-order valence-corrected chi connectivity index (χ1v) is 3.89. The minimum Gasteiger partial charge on any atom is -0.491 e. The van der Waals surface area contributed by atoms with Crippen LogP contribution in [0, 0.1) is 0 Å². The molecule has 0 radical (unpaired) electrons. The summed E-state index contributed by atoms with van der Waals surface area (Å²) in [4.78, 5) is 14.7. The van der Waals surface area contributed by atoms with Crippen molar-refractivity contribution in [3.8, 4) is 5.75 Å². The van der Waals surface area contributed by atoms with Gasteiger partial charge in [-0.15, -0.1) is 0 Å². The van der Waals surface area contributed by atoms with Gasteiger partial charge in [-0.25, -0.2) is 9.78 Å². The molecule has 2 aromatic heterocycles. The Balaban J connectivity index is 2.78. The van der Waals surface area contributed by atoms with Crippen LogP contribution in [-0.2, 0) is 0 Å². The van der Waals surface area contributed by atoms with E-state index in [1.165, 1.54) is 7.11 Å². The maximum atomic E-state index is 10.7. The van der Waals surface area contributed by atoms with Gasteiger partial charge in [-0.05, 0) is 12.1 Å². The molecule has 0 bridgehead atoms. The van der Waals surface area contributed by atoms with Gasteiger partial charge in [0.1, 0.15) is 0 Å². The van der Waals surface area contributed by atoms with Gasteiger partial charge in [0.25, 0.3) is 5.76 Å². The molecule has 2 aromatic rings. The summed E-state index contributed by atoms with van der Waals surface area (Å²) in [5, 5.41) is 8.80. The van der Waals surface area contributed by atoms with E-state index in [1.807, 2.05) is 0 Å². The number of aromatic carboxylic acids is 1. The van der Waals surface area contributed by atoms with E-state index in [0.717, 1.165) is 0 Å². The highest BCUT2D eigenvalue weighted by molar-refractivity contribution is 5.96. The van der Waals surface area contributed by atoms with Crippen LogP contribution in [0.25, 0.3) is 11.1 Å². The third kappa shape index (κ3) is 1.10. The Morgan fingerprint density at radius 2 is 2.43 bits per heavy atom. The van der Waals surface area contributed by atoms with Crippen molar-refractivity contribution < 1.29 is 19.1 Å². The number of rotatable bonds is 2. The van der Waals surface area contributed by atoms with Gasteiger partial charge in [-0.3, -0.25) is 0 Å². The molecular weight excluding hydrogens is 186 g/mol. The molecule has 0 saturated carbocycles. The highest BCUT2D eigenvalue weighted by atomic mass is 16.5. The van der Waals surface area contributed by atoms with Gasteiger partial charge in [-0.2, -0.15) is 0 Å². The predicted molar refractivity (Wildman–Crippen MR) is 47.5 cm³/mol. The van der Waals surface area contributed by atoms with Crippen molar-refractivity contribution in [2.24, 2.45) is 0 Å². The van der Waals surface area contributed by atoms with E-state index in [0.29, 0.717) is 11.1 Å². The Morgan fingerprint density at radius 1 is 1.64 bits per heavy atom.